The van der Waals surface area contributed by atoms with Crippen molar-refractivity contribution in [3.05, 3.63) is 35.1 Å². The summed E-state index contributed by atoms with van der Waals surface area (Å²) >= 11 is 0. The van der Waals surface area contributed by atoms with Gasteiger partial charge >= 0.3 is 6.18 Å². The maximum Gasteiger partial charge on any atom is 0.416 e. The molecular formula is C12H12ClF4N. The largest absolute Gasteiger partial charge is 0.416 e. The second-order valence-electron chi connectivity index (χ2n) is 4.88. The number of alkyl halides is 3. The van der Waals surface area contributed by atoms with E-state index < -0.39 is 17.6 Å². The molecular weight excluding hydrogens is 270 g/mol. The third-order valence-corrected chi connectivity index (χ3v) is 3.90. The van der Waals surface area contributed by atoms with Crippen molar-refractivity contribution < 1.29 is 17.6 Å². The molecule has 6 heteroatoms. The molecule has 2 atom stereocenters. The van der Waals surface area contributed by atoms with Crippen LogP contribution in [0.2, 0.25) is 0 Å². The Morgan fingerprint density at radius 2 is 2.00 bits per heavy atom. The molecule has 0 bridgehead atoms. The van der Waals surface area contributed by atoms with Gasteiger partial charge in [-0.25, -0.2) is 4.39 Å². The third kappa shape index (κ3) is 1.89. The molecule has 100 valence electrons. The minimum atomic E-state index is -4.48. The smallest absolute Gasteiger partial charge is 0.316 e. The van der Waals surface area contributed by atoms with Gasteiger partial charge in [0, 0.05) is 12.0 Å². The maximum absolute atomic E-state index is 13.8. The Bertz CT molecular complexity index is 474. The topological polar surface area (TPSA) is 12.0 Å². The Kier molecular flexibility index (Phi) is 3.10. The Labute approximate surface area is 108 Å². The van der Waals surface area contributed by atoms with E-state index in [9.17, 15) is 17.6 Å². The van der Waals surface area contributed by atoms with Crippen LogP contribution in [0.4, 0.5) is 17.6 Å². The lowest BCUT2D eigenvalue weighted by atomic mass is 9.93. The lowest BCUT2D eigenvalue weighted by Crippen LogP contribution is -2.20. The molecule has 1 aromatic rings. The number of hydrogen-bond donors (Lipinski definition) is 1. The second-order valence-corrected chi connectivity index (χ2v) is 4.88. The normalized spacial score (nSPS) is 29.7. The molecule has 1 nitrogen and oxygen atoms in total. The number of piperidine rings is 1. The van der Waals surface area contributed by atoms with Crippen LogP contribution < -0.4 is 5.32 Å². The molecule has 1 saturated carbocycles. The summed E-state index contributed by atoms with van der Waals surface area (Å²) in [5.41, 5.74) is -0.729. The summed E-state index contributed by atoms with van der Waals surface area (Å²) in [6.45, 7) is 1.50. The number of halogens is 5. The van der Waals surface area contributed by atoms with Crippen LogP contribution in [0.1, 0.15) is 17.5 Å². The monoisotopic (exact) mass is 281 g/mol. The fourth-order valence-corrected chi connectivity index (χ4v) is 2.85. The van der Waals surface area contributed by atoms with Crippen molar-refractivity contribution in [3.63, 3.8) is 0 Å². The summed E-state index contributed by atoms with van der Waals surface area (Å²) in [6, 6.07) is 2.88. The molecule has 3 rings (SSSR count). The number of hydrogen-bond acceptors (Lipinski definition) is 1. The van der Waals surface area contributed by atoms with E-state index in [2.05, 4.69) is 5.32 Å². The molecule has 1 aliphatic carbocycles. The Hall–Kier alpha value is -0.810. The van der Waals surface area contributed by atoms with Gasteiger partial charge in [-0.1, -0.05) is 6.07 Å². The standard InChI is InChI=1S/C12H11F4N.ClH/c13-10-3-7(12(14,15)16)1-2-9(10)11-4-8(11)5-17-6-11;/h1-3,8,17H,4-6H2;1H/t8-,11-;/m0./s1. The summed E-state index contributed by atoms with van der Waals surface area (Å²) in [5.74, 6) is -0.347. The van der Waals surface area contributed by atoms with Crippen LogP contribution in [0.25, 0.3) is 0 Å². The molecule has 0 spiro atoms. The molecule has 1 aliphatic heterocycles. The van der Waals surface area contributed by atoms with E-state index in [-0.39, 0.29) is 17.8 Å². The van der Waals surface area contributed by atoms with Gasteiger partial charge in [-0.15, -0.1) is 12.4 Å². The number of rotatable bonds is 1. The molecule has 0 radical (unpaired) electrons. The van der Waals surface area contributed by atoms with Crippen LogP contribution in [0, 0.1) is 11.7 Å². The first kappa shape index (κ1) is 13.6. The van der Waals surface area contributed by atoms with Gasteiger partial charge in [-0.3, -0.25) is 0 Å². The van der Waals surface area contributed by atoms with Crippen molar-refractivity contribution in [2.45, 2.75) is 18.0 Å². The SMILES string of the molecule is Cl.Fc1cc(C(F)(F)F)ccc1[C@@]12CNC[C@@H]1C2. The van der Waals surface area contributed by atoms with Gasteiger partial charge in [-0.2, -0.15) is 13.2 Å². The predicted molar refractivity (Wildman–Crippen MR) is 61.3 cm³/mol. The highest BCUT2D eigenvalue weighted by Gasteiger charge is 2.59. The summed E-state index contributed by atoms with van der Waals surface area (Å²) < 4.78 is 51.0. The van der Waals surface area contributed by atoms with Gasteiger partial charge in [0.25, 0.3) is 0 Å². The molecule has 0 aromatic heterocycles. The van der Waals surface area contributed by atoms with Gasteiger partial charge in [0.1, 0.15) is 5.82 Å². The van der Waals surface area contributed by atoms with E-state index in [1.807, 2.05) is 0 Å². The van der Waals surface area contributed by atoms with Crippen molar-refractivity contribution in [3.8, 4) is 0 Å². The van der Waals surface area contributed by atoms with E-state index in [0.29, 0.717) is 24.1 Å². The van der Waals surface area contributed by atoms with Crippen LogP contribution >= 0.6 is 12.4 Å². The average Bonchev–Trinajstić information content (AvgIpc) is 2.80. The van der Waals surface area contributed by atoms with Gasteiger partial charge in [-0.05, 0) is 36.6 Å². The molecule has 1 saturated heterocycles. The van der Waals surface area contributed by atoms with Gasteiger partial charge in [0.15, 0.2) is 0 Å². The maximum atomic E-state index is 13.8. The highest BCUT2D eigenvalue weighted by atomic mass is 35.5. The van der Waals surface area contributed by atoms with Crippen LogP contribution in [-0.2, 0) is 11.6 Å². The van der Waals surface area contributed by atoms with Gasteiger partial charge < -0.3 is 5.32 Å². The fraction of sp³-hybridized carbons (Fsp3) is 0.500. The molecule has 1 heterocycles. The molecule has 18 heavy (non-hydrogen) atoms. The van der Waals surface area contributed by atoms with Gasteiger partial charge in [0.2, 0.25) is 0 Å². The average molecular weight is 282 g/mol. The van der Waals surface area contributed by atoms with Crippen molar-refractivity contribution in [2.24, 2.45) is 5.92 Å². The fourth-order valence-electron chi connectivity index (χ4n) is 2.85. The van der Waals surface area contributed by atoms with E-state index in [1.54, 1.807) is 0 Å². The Balaban J connectivity index is 0.00000120. The van der Waals surface area contributed by atoms with Crippen molar-refractivity contribution >= 4 is 12.4 Å². The zero-order valence-corrected chi connectivity index (χ0v) is 10.2. The van der Waals surface area contributed by atoms with Crippen LogP contribution in [-0.4, -0.2) is 13.1 Å². The van der Waals surface area contributed by atoms with E-state index in [1.165, 1.54) is 6.07 Å². The minimum Gasteiger partial charge on any atom is -0.316 e. The van der Waals surface area contributed by atoms with E-state index >= 15 is 0 Å². The third-order valence-electron chi connectivity index (χ3n) is 3.90. The summed E-state index contributed by atoms with van der Waals surface area (Å²) in [7, 11) is 0. The zero-order chi connectivity index (χ0) is 12.3. The van der Waals surface area contributed by atoms with E-state index in [0.717, 1.165) is 19.0 Å². The number of nitrogens with one attached hydrogen (secondary N) is 1. The highest BCUT2D eigenvalue weighted by Crippen LogP contribution is 2.57. The van der Waals surface area contributed by atoms with Crippen LogP contribution in [0.5, 0.6) is 0 Å². The van der Waals surface area contributed by atoms with Crippen molar-refractivity contribution in [1.29, 1.82) is 0 Å². The predicted octanol–water partition coefficient (Wildman–Crippen LogP) is 3.13. The first-order valence-corrected chi connectivity index (χ1v) is 5.51. The Morgan fingerprint density at radius 1 is 1.28 bits per heavy atom. The van der Waals surface area contributed by atoms with Crippen molar-refractivity contribution in [2.75, 3.05) is 13.1 Å². The minimum absolute atomic E-state index is 0. The summed E-state index contributed by atoms with van der Waals surface area (Å²) in [5, 5.41) is 3.14. The molecule has 2 aliphatic rings. The molecule has 1 aromatic carbocycles. The first-order valence-electron chi connectivity index (χ1n) is 5.51. The van der Waals surface area contributed by atoms with Crippen molar-refractivity contribution in [1.82, 2.24) is 5.32 Å². The number of benzene rings is 1. The molecule has 1 N–H and O–H groups in total. The van der Waals surface area contributed by atoms with Crippen LogP contribution in [0.15, 0.2) is 18.2 Å². The quantitative estimate of drug-likeness (QED) is 0.780. The molecule has 0 unspecified atom stereocenters. The molecule has 2 fully saturated rings. The summed E-state index contributed by atoms with van der Waals surface area (Å²) in [6.07, 6.45) is -3.60. The lowest BCUT2D eigenvalue weighted by molar-refractivity contribution is -0.137. The highest BCUT2D eigenvalue weighted by molar-refractivity contribution is 5.85. The number of fused-ring (bicyclic) bond motifs is 1. The van der Waals surface area contributed by atoms with Crippen LogP contribution in [0.3, 0.4) is 0 Å². The molecule has 0 amide bonds. The lowest BCUT2D eigenvalue weighted by Gasteiger charge is -2.15. The summed E-state index contributed by atoms with van der Waals surface area (Å²) in [4.78, 5) is 0. The second kappa shape index (κ2) is 4.10. The zero-order valence-electron chi connectivity index (χ0n) is 9.35. The Morgan fingerprint density at radius 3 is 2.44 bits per heavy atom. The first-order chi connectivity index (χ1) is 7.93. The van der Waals surface area contributed by atoms with Gasteiger partial charge in [0.05, 0.1) is 5.56 Å². The van der Waals surface area contributed by atoms with E-state index in [4.69, 9.17) is 0 Å².